The summed E-state index contributed by atoms with van der Waals surface area (Å²) in [5, 5.41) is 2.73. The third-order valence-corrected chi connectivity index (χ3v) is 4.05. The van der Waals surface area contributed by atoms with Gasteiger partial charge in [0.25, 0.3) is 5.91 Å². The molecule has 0 aliphatic carbocycles. The number of carbonyl (C=O) groups excluding carboxylic acids is 1. The molecule has 0 aliphatic heterocycles. The lowest BCUT2D eigenvalue weighted by Crippen LogP contribution is -2.25. The van der Waals surface area contributed by atoms with Gasteiger partial charge in [0.1, 0.15) is 0 Å². The number of unbranched alkanes of at least 4 members (excludes halogenated alkanes) is 8. The molecule has 0 unspecified atom stereocenters. The summed E-state index contributed by atoms with van der Waals surface area (Å²) in [4.78, 5) is 11.8. The van der Waals surface area contributed by atoms with Gasteiger partial charge in [-0.1, -0.05) is 76.0 Å². The van der Waals surface area contributed by atoms with Crippen molar-refractivity contribution in [3.05, 3.63) is 34.6 Å². The Bertz CT molecular complexity index is 451. The van der Waals surface area contributed by atoms with Gasteiger partial charge in [0.15, 0.2) is 5.82 Å². The van der Waals surface area contributed by atoms with E-state index in [0.717, 1.165) is 12.8 Å². The van der Waals surface area contributed by atoms with Crippen molar-refractivity contribution in [2.24, 2.45) is 0 Å². The van der Waals surface area contributed by atoms with E-state index in [1.165, 1.54) is 57.1 Å². The van der Waals surface area contributed by atoms with Crippen LogP contribution in [-0.2, 0) is 0 Å². The summed E-state index contributed by atoms with van der Waals surface area (Å²) in [7, 11) is 0. The standard InChI is InChI=1S/C18H27ClFNO/c1-2-3-4-5-6-7-8-9-10-14-21-18(22)15-12-11-13-16(19)17(15)20/h11-13H,2-10,14H2,1H3,(H,21,22). The van der Waals surface area contributed by atoms with E-state index in [9.17, 15) is 9.18 Å². The van der Waals surface area contributed by atoms with Crippen LogP contribution in [0.5, 0.6) is 0 Å². The molecule has 0 saturated heterocycles. The first-order valence-electron chi connectivity index (χ1n) is 8.39. The summed E-state index contributed by atoms with van der Waals surface area (Å²) in [6.07, 6.45) is 11.1. The van der Waals surface area contributed by atoms with Gasteiger partial charge in [-0.3, -0.25) is 4.79 Å². The SMILES string of the molecule is CCCCCCCCCCCNC(=O)c1cccc(Cl)c1F. The van der Waals surface area contributed by atoms with Crippen LogP contribution in [0.1, 0.15) is 75.1 Å². The number of nitrogens with one attached hydrogen (secondary N) is 1. The highest BCUT2D eigenvalue weighted by atomic mass is 35.5. The van der Waals surface area contributed by atoms with E-state index in [1.54, 1.807) is 6.07 Å². The lowest BCUT2D eigenvalue weighted by Gasteiger charge is -2.07. The van der Waals surface area contributed by atoms with Crippen molar-refractivity contribution in [2.75, 3.05) is 6.54 Å². The summed E-state index contributed by atoms with van der Waals surface area (Å²) >= 11 is 5.67. The van der Waals surface area contributed by atoms with Crippen molar-refractivity contribution in [3.8, 4) is 0 Å². The first kappa shape index (κ1) is 19.0. The Morgan fingerprint density at radius 1 is 1.05 bits per heavy atom. The van der Waals surface area contributed by atoms with Gasteiger partial charge < -0.3 is 5.32 Å². The van der Waals surface area contributed by atoms with E-state index in [0.29, 0.717) is 6.54 Å². The molecule has 0 radical (unpaired) electrons. The van der Waals surface area contributed by atoms with Gasteiger partial charge >= 0.3 is 0 Å². The van der Waals surface area contributed by atoms with Gasteiger partial charge in [-0.25, -0.2) is 4.39 Å². The summed E-state index contributed by atoms with van der Waals surface area (Å²) in [5.74, 6) is -1.03. The zero-order valence-corrected chi connectivity index (χ0v) is 14.2. The fourth-order valence-electron chi connectivity index (χ4n) is 2.41. The Balaban J connectivity index is 2.07. The highest BCUT2D eigenvalue weighted by Gasteiger charge is 2.13. The molecule has 0 atom stereocenters. The molecule has 0 spiro atoms. The molecule has 2 nitrogen and oxygen atoms in total. The second kappa shape index (κ2) is 11.5. The molecule has 1 amide bonds. The van der Waals surface area contributed by atoms with Gasteiger partial charge in [0, 0.05) is 6.54 Å². The lowest BCUT2D eigenvalue weighted by molar-refractivity contribution is 0.0949. The fraction of sp³-hybridized carbons (Fsp3) is 0.611. The van der Waals surface area contributed by atoms with Gasteiger partial charge in [0.05, 0.1) is 10.6 Å². The van der Waals surface area contributed by atoms with Gasteiger partial charge in [0.2, 0.25) is 0 Å². The minimum Gasteiger partial charge on any atom is -0.352 e. The van der Waals surface area contributed by atoms with Gasteiger partial charge in [-0.15, -0.1) is 0 Å². The topological polar surface area (TPSA) is 29.1 Å². The smallest absolute Gasteiger partial charge is 0.254 e. The summed E-state index contributed by atoms with van der Waals surface area (Å²) < 4.78 is 13.7. The number of rotatable bonds is 11. The molecular formula is C18H27ClFNO. The highest BCUT2D eigenvalue weighted by molar-refractivity contribution is 6.31. The molecule has 1 N–H and O–H groups in total. The van der Waals surface area contributed by atoms with Crippen LogP contribution in [0.2, 0.25) is 5.02 Å². The van der Waals surface area contributed by atoms with Crippen LogP contribution in [0.25, 0.3) is 0 Å². The zero-order valence-electron chi connectivity index (χ0n) is 13.5. The van der Waals surface area contributed by atoms with Gasteiger partial charge in [-0.2, -0.15) is 0 Å². The van der Waals surface area contributed by atoms with Crippen molar-refractivity contribution >= 4 is 17.5 Å². The minimum atomic E-state index is -0.645. The maximum Gasteiger partial charge on any atom is 0.254 e. The van der Waals surface area contributed by atoms with E-state index >= 15 is 0 Å². The Hall–Kier alpha value is -1.09. The van der Waals surface area contributed by atoms with Crippen LogP contribution >= 0.6 is 11.6 Å². The maximum atomic E-state index is 13.7. The van der Waals surface area contributed by atoms with Crippen LogP contribution in [0.15, 0.2) is 18.2 Å². The lowest BCUT2D eigenvalue weighted by atomic mass is 10.1. The van der Waals surface area contributed by atoms with E-state index in [1.807, 2.05) is 0 Å². The average molecular weight is 328 g/mol. The molecule has 0 aliphatic rings. The molecule has 1 aromatic carbocycles. The average Bonchev–Trinajstić information content (AvgIpc) is 2.51. The number of halogens is 2. The molecular weight excluding hydrogens is 301 g/mol. The molecule has 0 aromatic heterocycles. The number of benzene rings is 1. The molecule has 0 saturated carbocycles. The van der Waals surface area contributed by atoms with Crippen LogP contribution < -0.4 is 5.32 Å². The van der Waals surface area contributed by atoms with Crippen molar-refractivity contribution < 1.29 is 9.18 Å². The second-order valence-corrected chi connectivity index (χ2v) is 6.09. The van der Waals surface area contributed by atoms with E-state index in [4.69, 9.17) is 11.6 Å². The molecule has 0 fully saturated rings. The Morgan fingerprint density at radius 2 is 1.64 bits per heavy atom. The zero-order chi connectivity index (χ0) is 16.2. The largest absolute Gasteiger partial charge is 0.352 e. The summed E-state index contributed by atoms with van der Waals surface area (Å²) in [6, 6.07) is 4.47. The van der Waals surface area contributed by atoms with Crippen molar-refractivity contribution in [3.63, 3.8) is 0 Å². The molecule has 4 heteroatoms. The first-order valence-corrected chi connectivity index (χ1v) is 8.76. The molecule has 1 rings (SSSR count). The Kier molecular flexibility index (Phi) is 9.89. The predicted molar refractivity (Wildman–Crippen MR) is 91.0 cm³/mol. The summed E-state index contributed by atoms with van der Waals surface area (Å²) in [5.41, 5.74) is 0.0171. The highest BCUT2D eigenvalue weighted by Crippen LogP contribution is 2.17. The van der Waals surface area contributed by atoms with E-state index < -0.39 is 5.82 Å². The quantitative estimate of drug-likeness (QED) is 0.516. The van der Waals surface area contributed by atoms with Crippen LogP contribution in [0.4, 0.5) is 4.39 Å². The Labute approximate surface area is 138 Å². The fourth-order valence-corrected chi connectivity index (χ4v) is 2.59. The molecule has 22 heavy (non-hydrogen) atoms. The van der Waals surface area contributed by atoms with Crippen molar-refractivity contribution in [2.45, 2.75) is 64.7 Å². The van der Waals surface area contributed by atoms with E-state index in [2.05, 4.69) is 12.2 Å². The van der Waals surface area contributed by atoms with Crippen molar-refractivity contribution in [1.29, 1.82) is 0 Å². The normalized spacial score (nSPS) is 10.7. The minimum absolute atomic E-state index is 0.0171. The van der Waals surface area contributed by atoms with Crippen LogP contribution in [-0.4, -0.2) is 12.5 Å². The predicted octanol–water partition coefficient (Wildman–Crippen LogP) is 5.74. The third kappa shape index (κ3) is 7.26. The van der Waals surface area contributed by atoms with Gasteiger partial charge in [-0.05, 0) is 18.6 Å². The maximum absolute atomic E-state index is 13.7. The third-order valence-electron chi connectivity index (χ3n) is 3.76. The van der Waals surface area contributed by atoms with E-state index in [-0.39, 0.29) is 16.5 Å². The molecule has 0 heterocycles. The summed E-state index contributed by atoms with van der Waals surface area (Å²) in [6.45, 7) is 2.81. The first-order chi connectivity index (χ1) is 10.7. The molecule has 1 aromatic rings. The Morgan fingerprint density at radius 3 is 2.27 bits per heavy atom. The molecule has 124 valence electrons. The number of carbonyl (C=O) groups is 1. The second-order valence-electron chi connectivity index (χ2n) is 5.69. The number of hydrogen-bond acceptors (Lipinski definition) is 1. The van der Waals surface area contributed by atoms with Crippen LogP contribution in [0, 0.1) is 5.82 Å². The number of amides is 1. The van der Waals surface area contributed by atoms with Crippen LogP contribution in [0.3, 0.4) is 0 Å². The number of hydrogen-bond donors (Lipinski definition) is 1. The van der Waals surface area contributed by atoms with Crippen molar-refractivity contribution in [1.82, 2.24) is 5.32 Å². The monoisotopic (exact) mass is 327 g/mol. The molecule has 0 bridgehead atoms.